The van der Waals surface area contributed by atoms with Gasteiger partial charge in [-0.1, -0.05) is 59.8 Å². The van der Waals surface area contributed by atoms with Crippen molar-refractivity contribution in [1.29, 1.82) is 0 Å². The lowest BCUT2D eigenvalue weighted by Gasteiger charge is -2.40. The molecule has 0 aliphatic heterocycles. The molecule has 0 spiro atoms. The summed E-state index contributed by atoms with van der Waals surface area (Å²) < 4.78 is 5.55. The lowest BCUT2D eigenvalue weighted by atomic mass is 9.67. The van der Waals surface area contributed by atoms with Gasteiger partial charge in [-0.25, -0.2) is 0 Å². The maximum absolute atomic E-state index is 11.7. The summed E-state index contributed by atoms with van der Waals surface area (Å²) in [7, 11) is 0. The lowest BCUT2D eigenvalue weighted by Crippen LogP contribution is -2.36. The molecule has 2 heteroatoms. The largest absolute Gasteiger partial charge is 0.465 e. The maximum Gasteiger partial charge on any atom is 0.308 e. The van der Waals surface area contributed by atoms with Crippen LogP contribution in [0.15, 0.2) is 0 Å². The maximum atomic E-state index is 11.7. The molecule has 0 N–H and O–H groups in total. The molecule has 2 fully saturated rings. The number of hydrogen-bond acceptors (Lipinski definition) is 2. The van der Waals surface area contributed by atoms with Crippen molar-refractivity contribution in [3.63, 3.8) is 0 Å². The van der Waals surface area contributed by atoms with Crippen LogP contribution in [0.3, 0.4) is 0 Å². The summed E-state index contributed by atoms with van der Waals surface area (Å²) in [6, 6.07) is 0. The minimum absolute atomic E-state index is 0.0376. The van der Waals surface area contributed by atoms with E-state index < -0.39 is 0 Å². The Labute approximate surface area is 124 Å². The molecular weight excluding hydrogens is 248 g/mol. The highest BCUT2D eigenvalue weighted by atomic mass is 16.5. The van der Waals surface area contributed by atoms with Crippen molar-refractivity contribution in [3.8, 4) is 0 Å². The highest BCUT2D eigenvalue weighted by Gasteiger charge is 2.37. The van der Waals surface area contributed by atoms with Crippen molar-refractivity contribution in [2.24, 2.45) is 29.1 Å². The monoisotopic (exact) mass is 280 g/mol. The zero-order chi connectivity index (χ0) is 14.8. The normalized spacial score (nSPS) is 24.2. The number of rotatable bonds is 6. The van der Waals surface area contributed by atoms with Gasteiger partial charge >= 0.3 is 5.97 Å². The van der Waals surface area contributed by atoms with Gasteiger partial charge in [0.15, 0.2) is 0 Å². The molecule has 116 valence electrons. The van der Waals surface area contributed by atoms with E-state index in [4.69, 9.17) is 4.74 Å². The Hall–Kier alpha value is -0.530. The van der Waals surface area contributed by atoms with E-state index in [0.717, 1.165) is 24.7 Å². The number of carbonyl (C=O) groups excluding carboxylic acids is 1. The van der Waals surface area contributed by atoms with Crippen LogP contribution in [0, 0.1) is 29.1 Å². The fourth-order valence-electron chi connectivity index (χ4n) is 3.61. The van der Waals surface area contributed by atoms with Crippen molar-refractivity contribution in [3.05, 3.63) is 0 Å². The summed E-state index contributed by atoms with van der Waals surface area (Å²) in [4.78, 5) is 11.7. The van der Waals surface area contributed by atoms with Crippen molar-refractivity contribution in [2.45, 2.75) is 72.6 Å². The van der Waals surface area contributed by atoms with Crippen LogP contribution in [0.1, 0.15) is 72.6 Å². The van der Waals surface area contributed by atoms with Gasteiger partial charge in [0.25, 0.3) is 0 Å². The van der Waals surface area contributed by atoms with Crippen LogP contribution in [0.5, 0.6) is 0 Å². The van der Waals surface area contributed by atoms with E-state index in [9.17, 15) is 4.79 Å². The highest BCUT2D eigenvalue weighted by molar-refractivity contribution is 5.74. The molecule has 0 unspecified atom stereocenters. The summed E-state index contributed by atoms with van der Waals surface area (Å²) in [6.07, 6.45) is 9.07. The van der Waals surface area contributed by atoms with Crippen molar-refractivity contribution < 1.29 is 9.53 Å². The number of ether oxygens (including phenoxy) is 1. The molecule has 2 aliphatic carbocycles. The van der Waals surface area contributed by atoms with E-state index in [1.165, 1.54) is 32.1 Å². The van der Waals surface area contributed by atoms with Crippen LogP contribution in [0.2, 0.25) is 0 Å². The van der Waals surface area contributed by atoms with E-state index in [0.29, 0.717) is 12.5 Å². The molecule has 0 radical (unpaired) electrons. The van der Waals surface area contributed by atoms with Crippen molar-refractivity contribution >= 4 is 5.97 Å². The van der Waals surface area contributed by atoms with E-state index >= 15 is 0 Å². The molecule has 2 saturated carbocycles. The molecule has 0 aromatic heterocycles. The number of esters is 1. The van der Waals surface area contributed by atoms with E-state index in [2.05, 4.69) is 27.7 Å². The smallest absolute Gasteiger partial charge is 0.308 e. The Morgan fingerprint density at radius 2 is 1.70 bits per heavy atom. The fourth-order valence-corrected chi connectivity index (χ4v) is 3.61. The third-order valence-electron chi connectivity index (χ3n) is 5.91. The summed E-state index contributed by atoms with van der Waals surface area (Å²) in [5.74, 6) is 2.45. The molecular formula is C18H32O2. The molecule has 2 aliphatic rings. The second-order valence-corrected chi connectivity index (χ2v) is 7.92. The SMILES string of the molecule is C[C@H](C1CCCCC1)[C@H](C)C(C)(C)COC(=O)C1CC1. The van der Waals surface area contributed by atoms with Crippen LogP contribution < -0.4 is 0 Å². The summed E-state index contributed by atoms with van der Waals surface area (Å²) in [5, 5.41) is 0. The van der Waals surface area contributed by atoms with Gasteiger partial charge in [0.1, 0.15) is 0 Å². The minimum Gasteiger partial charge on any atom is -0.465 e. The Balaban J connectivity index is 1.83. The molecule has 0 aromatic rings. The van der Waals surface area contributed by atoms with E-state index in [1.807, 2.05) is 0 Å². The molecule has 0 aromatic carbocycles. The van der Waals surface area contributed by atoms with Gasteiger partial charge in [0.05, 0.1) is 12.5 Å². The molecule has 2 atom stereocenters. The van der Waals surface area contributed by atoms with Gasteiger partial charge in [-0.05, 0) is 30.6 Å². The van der Waals surface area contributed by atoms with Gasteiger partial charge in [0, 0.05) is 5.41 Å². The average molecular weight is 280 g/mol. The topological polar surface area (TPSA) is 26.3 Å². The second kappa shape index (κ2) is 6.49. The first-order valence-electron chi connectivity index (χ1n) is 8.58. The summed E-state index contributed by atoms with van der Waals surface area (Å²) >= 11 is 0. The Morgan fingerprint density at radius 1 is 1.10 bits per heavy atom. The molecule has 2 nitrogen and oxygen atoms in total. The first-order chi connectivity index (χ1) is 9.42. The zero-order valence-corrected chi connectivity index (χ0v) is 13.8. The van der Waals surface area contributed by atoms with Crippen LogP contribution in [0.4, 0.5) is 0 Å². The molecule has 0 saturated heterocycles. The zero-order valence-electron chi connectivity index (χ0n) is 13.8. The Morgan fingerprint density at radius 3 is 2.25 bits per heavy atom. The molecule has 0 bridgehead atoms. The van der Waals surface area contributed by atoms with Gasteiger partial charge in [0.2, 0.25) is 0 Å². The number of carbonyl (C=O) groups is 1. The third-order valence-corrected chi connectivity index (χ3v) is 5.91. The predicted octanol–water partition coefficient (Wildman–Crippen LogP) is 4.82. The van der Waals surface area contributed by atoms with Gasteiger partial charge in [-0.15, -0.1) is 0 Å². The summed E-state index contributed by atoms with van der Waals surface area (Å²) in [5.41, 5.74) is 0.0847. The molecule has 0 heterocycles. The van der Waals surface area contributed by atoms with Gasteiger partial charge < -0.3 is 4.74 Å². The van der Waals surface area contributed by atoms with Crippen LogP contribution in [0.25, 0.3) is 0 Å². The number of hydrogen-bond donors (Lipinski definition) is 0. The average Bonchev–Trinajstić information content (AvgIpc) is 3.28. The second-order valence-electron chi connectivity index (χ2n) is 7.92. The quantitative estimate of drug-likeness (QED) is 0.652. The van der Waals surface area contributed by atoms with Gasteiger partial charge in [-0.2, -0.15) is 0 Å². The Kier molecular flexibility index (Phi) is 5.14. The molecule has 0 amide bonds. The molecule has 20 heavy (non-hydrogen) atoms. The predicted molar refractivity (Wildman–Crippen MR) is 82.4 cm³/mol. The first-order valence-corrected chi connectivity index (χ1v) is 8.58. The standard InChI is InChI=1S/C18H32O2/c1-13(15-8-6-5-7-9-15)14(2)18(3,4)12-20-17(19)16-10-11-16/h13-16H,5-12H2,1-4H3/t13-,14-/m0/s1. The lowest BCUT2D eigenvalue weighted by molar-refractivity contribution is -0.149. The fraction of sp³-hybridized carbons (Fsp3) is 0.944. The van der Waals surface area contributed by atoms with E-state index in [1.54, 1.807) is 0 Å². The van der Waals surface area contributed by atoms with E-state index in [-0.39, 0.29) is 17.3 Å². The van der Waals surface area contributed by atoms with Crippen molar-refractivity contribution in [1.82, 2.24) is 0 Å². The summed E-state index contributed by atoms with van der Waals surface area (Å²) in [6.45, 7) is 9.87. The third kappa shape index (κ3) is 3.99. The molecule has 2 rings (SSSR count). The highest BCUT2D eigenvalue weighted by Crippen LogP contribution is 2.41. The van der Waals surface area contributed by atoms with Crippen LogP contribution in [-0.4, -0.2) is 12.6 Å². The van der Waals surface area contributed by atoms with Gasteiger partial charge in [-0.3, -0.25) is 4.79 Å². The first kappa shape index (κ1) is 15.9. The Bertz CT molecular complexity index is 324. The van der Waals surface area contributed by atoms with Crippen molar-refractivity contribution in [2.75, 3.05) is 6.61 Å². The van der Waals surface area contributed by atoms with Crippen LogP contribution in [-0.2, 0) is 9.53 Å². The minimum atomic E-state index is 0.0376. The van der Waals surface area contributed by atoms with Crippen LogP contribution >= 0.6 is 0 Å².